The number of amides is 1. The van der Waals surface area contributed by atoms with E-state index in [0.717, 1.165) is 16.7 Å². The first kappa shape index (κ1) is 17.7. The van der Waals surface area contributed by atoms with Crippen molar-refractivity contribution in [2.45, 2.75) is 3.74 Å². The van der Waals surface area contributed by atoms with Crippen LogP contribution in [0.2, 0.25) is 0 Å². The van der Waals surface area contributed by atoms with Gasteiger partial charge in [-0.3, -0.25) is 4.79 Å². The fraction of sp³-hybridized carbons (Fsp3) is 0.176. The van der Waals surface area contributed by atoms with Crippen LogP contribution in [0.25, 0.3) is 11.1 Å². The monoisotopic (exact) mass is 438 g/mol. The lowest BCUT2D eigenvalue weighted by Crippen LogP contribution is -2.29. The van der Waals surface area contributed by atoms with Gasteiger partial charge in [0.25, 0.3) is 5.91 Å². The van der Waals surface area contributed by atoms with Crippen molar-refractivity contribution in [1.29, 1.82) is 0 Å². The lowest BCUT2D eigenvalue weighted by molar-refractivity contribution is -0.114. The Morgan fingerprint density at radius 2 is 1.70 bits per heavy atom. The topological polar surface area (TPSA) is 50.7 Å². The predicted molar refractivity (Wildman–Crippen MR) is 100 cm³/mol. The van der Waals surface area contributed by atoms with E-state index in [1.807, 2.05) is 48.5 Å². The Balaban J connectivity index is 2.67. The summed E-state index contributed by atoms with van der Waals surface area (Å²) in [5.74, 6) is -0.300. The maximum absolute atomic E-state index is 12.2. The lowest BCUT2D eigenvalue weighted by atomic mass is 9.93. The fourth-order valence-corrected chi connectivity index (χ4v) is 3.08. The van der Waals surface area contributed by atoms with Crippen LogP contribution in [-0.2, 0) is 9.63 Å². The fourth-order valence-electron chi connectivity index (χ4n) is 2.28. The van der Waals surface area contributed by atoms with E-state index < -0.39 is 0 Å². The smallest absolute Gasteiger partial charge is 0.273 e. The number of likely N-dealkylation sites (N-methyl/N-ethyl adjacent to an activating group) is 1. The highest BCUT2D eigenvalue weighted by molar-refractivity contribution is 9.24. The highest BCUT2D eigenvalue weighted by Crippen LogP contribution is 2.37. The molecule has 2 aromatic rings. The van der Waals surface area contributed by atoms with Crippen LogP contribution in [0.5, 0.6) is 0 Å². The summed E-state index contributed by atoms with van der Waals surface area (Å²) in [5, 5.41) is 6.50. The molecule has 0 bridgehead atoms. The van der Waals surface area contributed by atoms with Crippen molar-refractivity contribution >= 4 is 43.5 Å². The Bertz CT molecular complexity index is 730. The Labute approximate surface area is 152 Å². The third kappa shape index (κ3) is 4.00. The van der Waals surface area contributed by atoms with Crippen LogP contribution in [0.4, 0.5) is 0 Å². The van der Waals surface area contributed by atoms with Crippen LogP contribution in [-0.4, -0.2) is 25.8 Å². The first-order valence-corrected chi connectivity index (χ1v) is 8.73. The van der Waals surface area contributed by atoms with E-state index in [1.165, 1.54) is 7.11 Å². The molecule has 0 saturated heterocycles. The molecule has 0 aliphatic heterocycles. The van der Waals surface area contributed by atoms with Crippen molar-refractivity contribution in [3.05, 3.63) is 59.7 Å². The molecule has 0 radical (unpaired) electrons. The van der Waals surface area contributed by atoms with Gasteiger partial charge in [-0.25, -0.2) is 0 Å². The second-order valence-electron chi connectivity index (χ2n) is 4.64. The molecule has 120 valence electrons. The van der Waals surface area contributed by atoms with Gasteiger partial charge in [-0.2, -0.15) is 0 Å². The van der Waals surface area contributed by atoms with Gasteiger partial charge in [0.05, 0.1) is 3.74 Å². The van der Waals surface area contributed by atoms with E-state index in [1.54, 1.807) is 7.05 Å². The van der Waals surface area contributed by atoms with Gasteiger partial charge in [-0.1, -0.05) is 85.5 Å². The third-order valence-electron chi connectivity index (χ3n) is 3.29. The number of alkyl halides is 2. The van der Waals surface area contributed by atoms with E-state index in [2.05, 4.69) is 42.3 Å². The molecule has 4 nitrogen and oxygen atoms in total. The van der Waals surface area contributed by atoms with Gasteiger partial charge < -0.3 is 10.2 Å². The molecule has 0 aromatic heterocycles. The molecule has 0 atom stereocenters. The molecule has 0 aliphatic carbocycles. The molecule has 1 amide bonds. The lowest BCUT2D eigenvalue weighted by Gasteiger charge is -2.15. The molecule has 1 N–H and O–H groups in total. The molecule has 0 heterocycles. The third-order valence-corrected chi connectivity index (χ3v) is 4.28. The van der Waals surface area contributed by atoms with Gasteiger partial charge in [0.1, 0.15) is 7.11 Å². The molecule has 6 heteroatoms. The largest absolute Gasteiger partial charge is 0.398 e. The minimum absolute atomic E-state index is 0.00192. The summed E-state index contributed by atoms with van der Waals surface area (Å²) in [7, 11) is 2.99. The van der Waals surface area contributed by atoms with Gasteiger partial charge in [0, 0.05) is 12.6 Å². The number of nitrogens with one attached hydrogen (secondary N) is 1. The summed E-state index contributed by atoms with van der Waals surface area (Å²) in [6.07, 6.45) is 0. The summed E-state index contributed by atoms with van der Waals surface area (Å²) < 4.78 is 0.00192. The molecule has 2 rings (SSSR count). The number of halogens is 2. The number of rotatable bonds is 5. The molecule has 0 fully saturated rings. The highest BCUT2D eigenvalue weighted by Gasteiger charge is 2.20. The predicted octanol–water partition coefficient (Wildman–Crippen LogP) is 4.24. The Morgan fingerprint density at radius 1 is 1.09 bits per heavy atom. The molecular weight excluding hydrogens is 424 g/mol. The Kier molecular flexibility index (Phi) is 6.36. The number of carbonyl (C=O) groups is 1. The van der Waals surface area contributed by atoms with Crippen LogP contribution in [0.3, 0.4) is 0 Å². The van der Waals surface area contributed by atoms with E-state index in [9.17, 15) is 4.79 Å². The number of hydrogen-bond donors (Lipinski definition) is 1. The van der Waals surface area contributed by atoms with Crippen molar-refractivity contribution in [2.24, 2.45) is 5.16 Å². The maximum atomic E-state index is 12.2. The quantitative estimate of drug-likeness (QED) is 0.430. The minimum Gasteiger partial charge on any atom is -0.398 e. The standard InChI is InChI=1S/C17H16Br2N2O2/c1-20-17(22)15(21-23-2)13-9-5-3-7-11(13)12-8-4-6-10-14(12)16(18)19/h3-10,16H,1-2H3,(H,20,22)/b21-15+. The number of benzene rings is 2. The Morgan fingerprint density at radius 3 is 2.30 bits per heavy atom. The number of hydrogen-bond acceptors (Lipinski definition) is 3. The number of carbonyl (C=O) groups excluding carboxylic acids is 1. The van der Waals surface area contributed by atoms with Crippen LogP contribution in [0.1, 0.15) is 14.9 Å². The van der Waals surface area contributed by atoms with E-state index >= 15 is 0 Å². The van der Waals surface area contributed by atoms with Gasteiger partial charge in [-0.05, 0) is 16.7 Å². The van der Waals surface area contributed by atoms with Gasteiger partial charge in [0.2, 0.25) is 0 Å². The molecule has 2 aromatic carbocycles. The normalized spacial score (nSPS) is 11.4. The number of nitrogens with zero attached hydrogens (tertiary/aromatic N) is 1. The SMILES string of the molecule is CNC(=O)/C(=N/OC)c1ccccc1-c1ccccc1C(Br)Br. The van der Waals surface area contributed by atoms with Crippen LogP contribution < -0.4 is 5.32 Å². The molecule has 0 saturated carbocycles. The zero-order valence-corrected chi connectivity index (χ0v) is 15.9. The molecular formula is C17H16Br2N2O2. The minimum atomic E-state index is -0.300. The number of oxime groups is 1. The van der Waals surface area contributed by atoms with E-state index in [4.69, 9.17) is 4.84 Å². The van der Waals surface area contributed by atoms with Crippen molar-refractivity contribution < 1.29 is 9.63 Å². The zero-order valence-electron chi connectivity index (χ0n) is 12.7. The maximum Gasteiger partial charge on any atom is 0.273 e. The van der Waals surface area contributed by atoms with Crippen LogP contribution in [0.15, 0.2) is 53.7 Å². The van der Waals surface area contributed by atoms with Crippen molar-refractivity contribution in [2.75, 3.05) is 14.2 Å². The molecule has 0 spiro atoms. The Hall–Kier alpha value is -1.66. The average molecular weight is 440 g/mol. The second-order valence-corrected chi connectivity index (χ2v) is 7.70. The van der Waals surface area contributed by atoms with Crippen molar-refractivity contribution in [3.8, 4) is 11.1 Å². The average Bonchev–Trinajstić information content (AvgIpc) is 2.59. The zero-order chi connectivity index (χ0) is 16.8. The van der Waals surface area contributed by atoms with Crippen LogP contribution in [0, 0.1) is 0 Å². The molecule has 0 unspecified atom stereocenters. The molecule has 0 aliphatic rings. The highest BCUT2D eigenvalue weighted by atomic mass is 79.9. The summed E-state index contributed by atoms with van der Waals surface area (Å²) in [6, 6.07) is 15.6. The summed E-state index contributed by atoms with van der Waals surface area (Å²) in [5.41, 5.74) is 3.93. The summed E-state index contributed by atoms with van der Waals surface area (Å²) in [6.45, 7) is 0. The van der Waals surface area contributed by atoms with Crippen molar-refractivity contribution in [3.63, 3.8) is 0 Å². The summed E-state index contributed by atoms with van der Waals surface area (Å²) in [4.78, 5) is 17.0. The first-order valence-electron chi connectivity index (χ1n) is 6.90. The van der Waals surface area contributed by atoms with Crippen LogP contribution >= 0.6 is 31.9 Å². The van der Waals surface area contributed by atoms with Gasteiger partial charge in [0.15, 0.2) is 5.71 Å². The summed E-state index contributed by atoms with van der Waals surface area (Å²) >= 11 is 7.10. The second kappa shape index (κ2) is 8.26. The van der Waals surface area contributed by atoms with Gasteiger partial charge >= 0.3 is 0 Å². The van der Waals surface area contributed by atoms with Gasteiger partial charge in [-0.15, -0.1) is 0 Å². The van der Waals surface area contributed by atoms with E-state index in [0.29, 0.717) is 5.56 Å². The molecule has 23 heavy (non-hydrogen) atoms. The van der Waals surface area contributed by atoms with E-state index in [-0.39, 0.29) is 15.4 Å². The van der Waals surface area contributed by atoms with Crippen molar-refractivity contribution in [1.82, 2.24) is 5.32 Å². The first-order chi connectivity index (χ1) is 11.1.